The van der Waals surface area contributed by atoms with Crippen molar-refractivity contribution >= 4 is 28.0 Å². The van der Waals surface area contributed by atoms with Crippen molar-refractivity contribution in [2.24, 2.45) is 4.99 Å². The molecule has 2 N–H and O–H groups in total. The number of benzene rings is 1. The van der Waals surface area contributed by atoms with E-state index in [4.69, 9.17) is 5.26 Å². The van der Waals surface area contributed by atoms with Crippen molar-refractivity contribution in [2.75, 3.05) is 0 Å². The van der Waals surface area contributed by atoms with E-state index >= 15 is 0 Å². The zero-order valence-electron chi connectivity index (χ0n) is 9.61. The second-order valence-corrected chi connectivity index (χ2v) is 4.41. The highest BCUT2D eigenvalue weighted by molar-refractivity contribution is 9.10. The maximum Gasteiger partial charge on any atom is 0.182 e. The molecule has 18 heavy (non-hydrogen) atoms. The van der Waals surface area contributed by atoms with Gasteiger partial charge in [-0.2, -0.15) is 5.26 Å². The van der Waals surface area contributed by atoms with Crippen LogP contribution in [0.5, 0.6) is 0 Å². The molecule has 0 saturated heterocycles. The van der Waals surface area contributed by atoms with Gasteiger partial charge in [-0.05, 0) is 35.0 Å². The third-order valence-corrected chi connectivity index (χ3v) is 2.92. The van der Waals surface area contributed by atoms with E-state index in [1.54, 1.807) is 6.19 Å². The van der Waals surface area contributed by atoms with Crippen LogP contribution in [0.3, 0.4) is 0 Å². The molecule has 0 aliphatic rings. The summed E-state index contributed by atoms with van der Waals surface area (Å²) in [6.45, 7) is 1.91. The zero-order valence-corrected chi connectivity index (χ0v) is 11.2. The second kappa shape index (κ2) is 5.47. The number of halogens is 1. The van der Waals surface area contributed by atoms with Crippen molar-refractivity contribution in [1.29, 1.82) is 5.26 Å². The minimum absolute atomic E-state index is 0.744. The molecule has 0 spiro atoms. The molecular formula is C12H10BrN5. The van der Waals surface area contributed by atoms with Gasteiger partial charge in [-0.25, -0.2) is 9.98 Å². The summed E-state index contributed by atoms with van der Waals surface area (Å²) in [7, 11) is 0. The number of rotatable bonds is 3. The first-order chi connectivity index (χ1) is 8.70. The Balaban J connectivity index is 2.28. The normalized spacial score (nSPS) is 10.5. The number of aromatic nitrogens is 2. The first-order valence-electron chi connectivity index (χ1n) is 5.20. The van der Waals surface area contributed by atoms with Gasteiger partial charge in [-0.15, -0.1) is 0 Å². The molecule has 5 nitrogen and oxygen atoms in total. The third-order valence-electron chi connectivity index (χ3n) is 2.28. The maximum absolute atomic E-state index is 8.33. The van der Waals surface area contributed by atoms with Crippen LogP contribution in [0.25, 0.3) is 11.3 Å². The SMILES string of the molecule is Cc1nc(-c2ccc(/N=C/NC#N)c(Br)c2)c[nH]1. The summed E-state index contributed by atoms with van der Waals surface area (Å²) in [6.07, 6.45) is 4.97. The van der Waals surface area contributed by atoms with Gasteiger partial charge in [0.1, 0.15) is 12.2 Å². The van der Waals surface area contributed by atoms with Crippen LogP contribution in [-0.2, 0) is 0 Å². The van der Waals surface area contributed by atoms with E-state index in [0.717, 1.165) is 27.2 Å². The first-order valence-corrected chi connectivity index (χ1v) is 5.99. The molecule has 0 bridgehead atoms. The Kier molecular flexibility index (Phi) is 3.75. The number of aromatic amines is 1. The Hall–Kier alpha value is -2.13. The topological polar surface area (TPSA) is 76.9 Å². The standard InChI is InChI=1S/C12H10BrN5/c1-8-16-5-12(18-8)9-2-3-11(10(13)4-9)17-7-15-6-14/h2-5,7H,1H3,(H,15,17)(H,16,18). The van der Waals surface area contributed by atoms with Gasteiger partial charge in [-0.1, -0.05) is 6.07 Å². The van der Waals surface area contributed by atoms with Gasteiger partial charge in [0.25, 0.3) is 0 Å². The number of nitrogens with zero attached hydrogens (tertiary/aromatic N) is 3. The lowest BCUT2D eigenvalue weighted by Gasteiger charge is -2.01. The minimum atomic E-state index is 0.744. The molecular weight excluding hydrogens is 294 g/mol. The molecule has 0 fully saturated rings. The Morgan fingerprint density at radius 3 is 3.00 bits per heavy atom. The van der Waals surface area contributed by atoms with Gasteiger partial charge < -0.3 is 4.98 Å². The highest BCUT2D eigenvalue weighted by Crippen LogP contribution is 2.29. The molecule has 0 saturated carbocycles. The van der Waals surface area contributed by atoms with E-state index in [1.165, 1.54) is 6.34 Å². The summed E-state index contributed by atoms with van der Waals surface area (Å²) in [6, 6.07) is 5.73. The fourth-order valence-electron chi connectivity index (χ4n) is 1.47. The van der Waals surface area contributed by atoms with Crippen LogP contribution in [0.4, 0.5) is 5.69 Å². The first kappa shape index (κ1) is 12.3. The minimum Gasteiger partial charge on any atom is -0.348 e. The lowest BCUT2D eigenvalue weighted by Crippen LogP contribution is -1.98. The van der Waals surface area contributed by atoms with Crippen LogP contribution < -0.4 is 5.32 Å². The highest BCUT2D eigenvalue weighted by atomic mass is 79.9. The summed E-state index contributed by atoms with van der Waals surface area (Å²) in [4.78, 5) is 11.5. The van der Waals surface area contributed by atoms with Gasteiger partial charge in [0.05, 0.1) is 11.4 Å². The molecule has 1 aromatic heterocycles. The fourth-order valence-corrected chi connectivity index (χ4v) is 1.95. The van der Waals surface area contributed by atoms with Crippen molar-refractivity contribution in [3.63, 3.8) is 0 Å². The van der Waals surface area contributed by atoms with Crippen molar-refractivity contribution in [2.45, 2.75) is 6.92 Å². The number of aryl methyl sites for hydroxylation is 1. The molecule has 90 valence electrons. The second-order valence-electron chi connectivity index (χ2n) is 3.55. The number of nitrogens with one attached hydrogen (secondary N) is 2. The van der Waals surface area contributed by atoms with Gasteiger partial charge >= 0.3 is 0 Å². The average molecular weight is 304 g/mol. The van der Waals surface area contributed by atoms with Gasteiger partial charge in [0, 0.05) is 16.2 Å². The highest BCUT2D eigenvalue weighted by Gasteiger charge is 2.04. The quantitative estimate of drug-likeness (QED) is 0.396. The Labute approximate surface area is 113 Å². The summed E-state index contributed by atoms with van der Waals surface area (Å²) in [5.74, 6) is 0.876. The number of nitriles is 1. The maximum atomic E-state index is 8.33. The molecule has 0 atom stereocenters. The van der Waals surface area contributed by atoms with Crippen molar-refractivity contribution in [3.05, 3.63) is 34.7 Å². The lowest BCUT2D eigenvalue weighted by atomic mass is 10.1. The van der Waals surface area contributed by atoms with Gasteiger partial charge in [0.2, 0.25) is 0 Å². The number of hydrogen-bond donors (Lipinski definition) is 2. The summed E-state index contributed by atoms with van der Waals surface area (Å²) in [5, 5.41) is 10.7. The van der Waals surface area contributed by atoms with Crippen molar-refractivity contribution in [1.82, 2.24) is 15.3 Å². The summed E-state index contributed by atoms with van der Waals surface area (Å²) < 4.78 is 0.844. The molecule has 1 aromatic carbocycles. The number of H-pyrrole nitrogens is 1. The van der Waals surface area contributed by atoms with Crippen molar-refractivity contribution in [3.8, 4) is 17.5 Å². The van der Waals surface area contributed by atoms with Crippen molar-refractivity contribution < 1.29 is 0 Å². The predicted molar refractivity (Wildman–Crippen MR) is 73.4 cm³/mol. The Morgan fingerprint density at radius 1 is 1.56 bits per heavy atom. The predicted octanol–water partition coefficient (Wildman–Crippen LogP) is 2.88. The van der Waals surface area contributed by atoms with E-state index in [9.17, 15) is 0 Å². The average Bonchev–Trinajstić information content (AvgIpc) is 2.78. The van der Waals surface area contributed by atoms with E-state index in [-0.39, 0.29) is 0 Å². The van der Waals surface area contributed by atoms with Crippen LogP contribution in [0.1, 0.15) is 5.82 Å². The molecule has 0 unspecified atom stereocenters. The van der Waals surface area contributed by atoms with E-state index in [1.807, 2.05) is 31.3 Å². The molecule has 1 heterocycles. The van der Waals surface area contributed by atoms with Crippen LogP contribution in [0.15, 0.2) is 33.9 Å². The fraction of sp³-hybridized carbons (Fsp3) is 0.0833. The number of aliphatic imine (C=N–C) groups is 1. The monoisotopic (exact) mass is 303 g/mol. The largest absolute Gasteiger partial charge is 0.348 e. The van der Waals surface area contributed by atoms with Crippen LogP contribution in [-0.4, -0.2) is 16.3 Å². The van der Waals surface area contributed by atoms with Crippen LogP contribution in [0.2, 0.25) is 0 Å². The van der Waals surface area contributed by atoms with Gasteiger partial charge in [0.15, 0.2) is 6.19 Å². The van der Waals surface area contributed by atoms with E-state index in [2.05, 4.69) is 36.2 Å². The summed E-state index contributed by atoms with van der Waals surface area (Å²) >= 11 is 3.44. The molecule has 2 aromatic rings. The summed E-state index contributed by atoms with van der Waals surface area (Å²) in [5.41, 5.74) is 2.63. The smallest absolute Gasteiger partial charge is 0.182 e. The van der Waals surface area contributed by atoms with E-state index in [0.29, 0.717) is 0 Å². The number of imidazole rings is 1. The van der Waals surface area contributed by atoms with Crippen LogP contribution in [0, 0.1) is 18.4 Å². The Bertz CT molecular complexity index is 624. The van der Waals surface area contributed by atoms with E-state index < -0.39 is 0 Å². The zero-order chi connectivity index (χ0) is 13.0. The number of hydrogen-bond acceptors (Lipinski definition) is 3. The molecule has 6 heteroatoms. The molecule has 0 aliphatic carbocycles. The Morgan fingerprint density at radius 2 is 2.39 bits per heavy atom. The van der Waals surface area contributed by atoms with Gasteiger partial charge in [-0.3, -0.25) is 5.32 Å². The molecule has 0 amide bonds. The molecule has 0 aliphatic heterocycles. The lowest BCUT2D eigenvalue weighted by molar-refractivity contribution is 1.15. The molecule has 2 rings (SSSR count). The van der Waals surface area contributed by atoms with Crippen LogP contribution >= 0.6 is 15.9 Å². The molecule has 0 radical (unpaired) electrons. The third kappa shape index (κ3) is 2.76.